The Morgan fingerprint density at radius 3 is 2.29 bits per heavy atom. The van der Waals surface area contributed by atoms with Crippen molar-refractivity contribution >= 4 is 10.0 Å². The van der Waals surface area contributed by atoms with Crippen LogP contribution in [0.3, 0.4) is 0 Å². The van der Waals surface area contributed by atoms with Gasteiger partial charge in [0.25, 0.3) is 0 Å². The summed E-state index contributed by atoms with van der Waals surface area (Å²) in [7, 11) is -3.07. The van der Waals surface area contributed by atoms with E-state index < -0.39 is 10.0 Å². The van der Waals surface area contributed by atoms with Gasteiger partial charge in [0.2, 0.25) is 10.0 Å². The van der Waals surface area contributed by atoms with Crippen LogP contribution in [0.4, 0.5) is 0 Å². The molecule has 0 atom stereocenters. The summed E-state index contributed by atoms with van der Waals surface area (Å²) in [5.41, 5.74) is 5.35. The average molecular weight is 222 g/mol. The third kappa shape index (κ3) is 4.93. The molecule has 5 heteroatoms. The molecule has 0 heterocycles. The highest BCUT2D eigenvalue weighted by Gasteiger charge is 2.20. The first-order chi connectivity index (χ1) is 6.44. The maximum atomic E-state index is 11.8. The summed E-state index contributed by atoms with van der Waals surface area (Å²) >= 11 is 0. The highest BCUT2D eigenvalue weighted by molar-refractivity contribution is 7.89. The van der Waals surface area contributed by atoms with Crippen LogP contribution in [-0.2, 0) is 10.0 Å². The number of hydrogen-bond donors (Lipinski definition) is 1. The van der Waals surface area contributed by atoms with Crippen LogP contribution in [0, 0.1) is 5.92 Å². The molecule has 0 aromatic carbocycles. The average Bonchev–Trinajstić information content (AvgIpc) is 2.02. The molecule has 4 nitrogen and oxygen atoms in total. The van der Waals surface area contributed by atoms with Gasteiger partial charge >= 0.3 is 0 Å². The van der Waals surface area contributed by atoms with Gasteiger partial charge in [0.1, 0.15) is 0 Å². The maximum Gasteiger partial charge on any atom is 0.214 e. The van der Waals surface area contributed by atoms with E-state index in [4.69, 9.17) is 5.73 Å². The third-order valence-electron chi connectivity index (χ3n) is 1.90. The zero-order chi connectivity index (χ0) is 11.2. The van der Waals surface area contributed by atoms with Crippen molar-refractivity contribution in [2.24, 2.45) is 11.7 Å². The van der Waals surface area contributed by atoms with Crippen molar-refractivity contribution in [2.75, 3.05) is 25.4 Å². The summed E-state index contributed by atoms with van der Waals surface area (Å²) in [6, 6.07) is 0. The van der Waals surface area contributed by atoms with Crippen molar-refractivity contribution in [3.63, 3.8) is 0 Å². The van der Waals surface area contributed by atoms with E-state index in [0.717, 1.165) is 6.42 Å². The molecule has 0 rings (SSSR count). The van der Waals surface area contributed by atoms with Crippen molar-refractivity contribution in [3.05, 3.63) is 0 Å². The molecule has 0 aliphatic carbocycles. The van der Waals surface area contributed by atoms with Crippen molar-refractivity contribution in [1.82, 2.24) is 4.31 Å². The summed E-state index contributed by atoms with van der Waals surface area (Å²) < 4.78 is 25.0. The van der Waals surface area contributed by atoms with Crippen LogP contribution in [0.15, 0.2) is 0 Å². The Morgan fingerprint density at radius 2 is 1.93 bits per heavy atom. The normalized spacial score (nSPS) is 12.7. The SMILES string of the molecule is CCN(CCCN)S(=O)(=O)CC(C)C. The summed E-state index contributed by atoms with van der Waals surface area (Å²) in [6.07, 6.45) is 0.727. The molecule has 0 amide bonds. The fourth-order valence-corrected chi connectivity index (χ4v) is 3.14. The van der Waals surface area contributed by atoms with Gasteiger partial charge in [-0.3, -0.25) is 0 Å². The van der Waals surface area contributed by atoms with Gasteiger partial charge in [-0.25, -0.2) is 12.7 Å². The number of rotatable bonds is 7. The lowest BCUT2D eigenvalue weighted by Crippen LogP contribution is -2.35. The second-order valence-corrected chi connectivity index (χ2v) is 5.82. The molecular weight excluding hydrogens is 200 g/mol. The number of nitrogens with zero attached hydrogens (tertiary/aromatic N) is 1. The third-order valence-corrected chi connectivity index (χ3v) is 4.22. The topological polar surface area (TPSA) is 63.4 Å². The lowest BCUT2D eigenvalue weighted by atomic mass is 10.3. The monoisotopic (exact) mass is 222 g/mol. The first-order valence-corrected chi connectivity index (χ1v) is 6.72. The summed E-state index contributed by atoms with van der Waals surface area (Å²) in [4.78, 5) is 0. The van der Waals surface area contributed by atoms with Crippen LogP contribution < -0.4 is 5.73 Å². The first kappa shape index (κ1) is 13.9. The molecule has 0 aliphatic rings. The van der Waals surface area contributed by atoms with Crippen LogP contribution in [0.2, 0.25) is 0 Å². The van der Waals surface area contributed by atoms with Crippen molar-refractivity contribution in [2.45, 2.75) is 27.2 Å². The molecule has 14 heavy (non-hydrogen) atoms. The summed E-state index contributed by atoms with van der Waals surface area (Å²) in [6.45, 7) is 7.29. The Kier molecular flexibility index (Phi) is 6.31. The predicted molar refractivity (Wildman–Crippen MR) is 59.5 cm³/mol. The maximum absolute atomic E-state index is 11.8. The van der Waals surface area contributed by atoms with Crippen LogP contribution >= 0.6 is 0 Å². The molecule has 2 N–H and O–H groups in total. The fraction of sp³-hybridized carbons (Fsp3) is 1.00. The first-order valence-electron chi connectivity index (χ1n) is 5.12. The minimum Gasteiger partial charge on any atom is -0.330 e. The highest BCUT2D eigenvalue weighted by atomic mass is 32.2. The molecule has 0 spiro atoms. The van der Waals surface area contributed by atoms with Gasteiger partial charge in [-0.1, -0.05) is 20.8 Å². The molecular formula is C9H22N2O2S. The summed E-state index contributed by atoms with van der Waals surface area (Å²) in [5, 5.41) is 0. The van der Waals surface area contributed by atoms with Crippen molar-refractivity contribution in [1.29, 1.82) is 0 Å². The lowest BCUT2D eigenvalue weighted by molar-refractivity contribution is 0.418. The van der Waals surface area contributed by atoms with E-state index in [1.165, 1.54) is 4.31 Å². The van der Waals surface area contributed by atoms with Crippen LogP contribution in [-0.4, -0.2) is 38.1 Å². The number of sulfonamides is 1. The van der Waals surface area contributed by atoms with E-state index in [-0.39, 0.29) is 11.7 Å². The van der Waals surface area contributed by atoms with Crippen LogP contribution in [0.25, 0.3) is 0 Å². The molecule has 0 saturated heterocycles. The van der Waals surface area contributed by atoms with E-state index in [2.05, 4.69) is 0 Å². The highest BCUT2D eigenvalue weighted by Crippen LogP contribution is 2.07. The zero-order valence-electron chi connectivity index (χ0n) is 9.36. The van der Waals surface area contributed by atoms with Gasteiger partial charge in [0, 0.05) is 13.1 Å². The van der Waals surface area contributed by atoms with Gasteiger partial charge < -0.3 is 5.73 Å². The zero-order valence-corrected chi connectivity index (χ0v) is 10.2. The second-order valence-electron chi connectivity index (χ2n) is 3.81. The molecule has 0 saturated carbocycles. The minimum absolute atomic E-state index is 0.173. The quantitative estimate of drug-likeness (QED) is 0.687. The van der Waals surface area contributed by atoms with E-state index >= 15 is 0 Å². The summed E-state index contributed by atoms with van der Waals surface area (Å²) in [5.74, 6) is 0.401. The Hall–Kier alpha value is -0.130. The molecule has 0 fully saturated rings. The molecule has 0 aliphatic heterocycles. The van der Waals surface area contributed by atoms with Gasteiger partial charge in [0.05, 0.1) is 5.75 Å². The molecule has 0 radical (unpaired) electrons. The second kappa shape index (κ2) is 6.37. The Bertz CT molecular complexity index is 237. The molecule has 0 aromatic rings. The van der Waals surface area contributed by atoms with Crippen LogP contribution in [0.5, 0.6) is 0 Å². The Balaban J connectivity index is 4.34. The smallest absolute Gasteiger partial charge is 0.214 e. The van der Waals surface area contributed by atoms with Crippen LogP contribution in [0.1, 0.15) is 27.2 Å². The number of nitrogens with two attached hydrogens (primary N) is 1. The van der Waals surface area contributed by atoms with Gasteiger partial charge in [-0.05, 0) is 18.9 Å². The van der Waals surface area contributed by atoms with Crippen molar-refractivity contribution in [3.8, 4) is 0 Å². The van der Waals surface area contributed by atoms with E-state index in [1.54, 1.807) is 0 Å². The standard InChI is InChI=1S/C9H22N2O2S/c1-4-11(7-5-6-10)14(12,13)8-9(2)3/h9H,4-8,10H2,1-3H3. The Morgan fingerprint density at radius 1 is 1.36 bits per heavy atom. The van der Waals surface area contributed by atoms with Gasteiger partial charge in [-0.15, -0.1) is 0 Å². The lowest BCUT2D eigenvalue weighted by Gasteiger charge is -2.21. The molecule has 86 valence electrons. The largest absolute Gasteiger partial charge is 0.330 e. The van der Waals surface area contributed by atoms with E-state index in [0.29, 0.717) is 19.6 Å². The Labute approximate surface area is 87.5 Å². The van der Waals surface area contributed by atoms with Gasteiger partial charge in [-0.2, -0.15) is 0 Å². The predicted octanol–water partition coefficient (Wildman–Crippen LogP) is 0.643. The molecule has 0 unspecified atom stereocenters. The molecule has 0 bridgehead atoms. The van der Waals surface area contributed by atoms with Crippen molar-refractivity contribution < 1.29 is 8.42 Å². The van der Waals surface area contributed by atoms with E-state index in [9.17, 15) is 8.42 Å². The molecule has 0 aromatic heterocycles. The minimum atomic E-state index is -3.07. The number of hydrogen-bond acceptors (Lipinski definition) is 3. The van der Waals surface area contributed by atoms with E-state index in [1.807, 2.05) is 20.8 Å². The van der Waals surface area contributed by atoms with Gasteiger partial charge in [0.15, 0.2) is 0 Å². The fourth-order valence-electron chi connectivity index (χ4n) is 1.29.